The molecule has 1 aromatic carbocycles. The van der Waals surface area contributed by atoms with Crippen molar-refractivity contribution in [2.75, 3.05) is 48.6 Å². The number of nitrogens with zero attached hydrogens (tertiary/aromatic N) is 7. The van der Waals surface area contributed by atoms with Gasteiger partial charge in [0, 0.05) is 37.6 Å². The van der Waals surface area contributed by atoms with Gasteiger partial charge in [0.15, 0.2) is 11.6 Å². The Balaban J connectivity index is 1.27. The van der Waals surface area contributed by atoms with Crippen molar-refractivity contribution in [2.24, 2.45) is 0 Å². The molecule has 0 bridgehead atoms. The van der Waals surface area contributed by atoms with Crippen LogP contribution < -0.4 is 20.7 Å². The normalized spacial score (nSPS) is 13.5. The topological polar surface area (TPSA) is 121 Å². The maximum Gasteiger partial charge on any atom is 0.417 e. The van der Waals surface area contributed by atoms with Crippen LogP contribution in [0.15, 0.2) is 61.3 Å². The molecule has 212 valence electrons. The first-order valence-corrected chi connectivity index (χ1v) is 12.3. The van der Waals surface area contributed by atoms with E-state index in [1.54, 1.807) is 4.90 Å². The molecule has 0 saturated carbocycles. The summed E-state index contributed by atoms with van der Waals surface area (Å²) in [5.74, 6) is -1.03. The van der Waals surface area contributed by atoms with Gasteiger partial charge in [-0.15, -0.1) is 0 Å². The second-order valence-corrected chi connectivity index (χ2v) is 8.85. The highest BCUT2D eigenvalue weighted by Gasteiger charge is 2.34. The largest absolute Gasteiger partial charge is 0.417 e. The van der Waals surface area contributed by atoms with Gasteiger partial charge in [-0.25, -0.2) is 24.3 Å². The number of alkyl halides is 3. The summed E-state index contributed by atoms with van der Waals surface area (Å²) in [7, 11) is 1.49. The molecule has 1 amide bonds. The minimum Gasteiger partial charge on any atom is -0.378 e. The summed E-state index contributed by atoms with van der Waals surface area (Å²) in [6.45, 7) is 1.83. The van der Waals surface area contributed by atoms with E-state index in [2.05, 4.69) is 35.7 Å². The van der Waals surface area contributed by atoms with Gasteiger partial charge in [0.2, 0.25) is 5.95 Å². The quantitative estimate of drug-likeness (QED) is 0.251. The Labute approximate surface area is 231 Å². The highest BCUT2D eigenvalue weighted by Crippen LogP contribution is 2.38. The number of pyridine rings is 1. The van der Waals surface area contributed by atoms with Crippen LogP contribution in [0, 0.1) is 5.82 Å². The predicted molar refractivity (Wildman–Crippen MR) is 141 cm³/mol. The molecule has 1 aliphatic rings. The van der Waals surface area contributed by atoms with Crippen LogP contribution in [0.4, 0.5) is 40.7 Å². The van der Waals surface area contributed by atoms with Crippen LogP contribution in [-0.4, -0.2) is 64.2 Å². The second-order valence-electron chi connectivity index (χ2n) is 8.85. The van der Waals surface area contributed by atoms with Gasteiger partial charge in [-0.05, 0) is 30.3 Å². The Hall–Kier alpha value is -4.92. The highest BCUT2D eigenvalue weighted by molar-refractivity contribution is 5.93. The standard InChI is InChI=1S/C26H23F4N9O2/c1-38(25-33-14-20(27)23(36-25)39-8-10-41-11-9-39)37-24(40)22-5-3-17(13-32-22)35-16-2-4-18(19(12-16)26(28,29)30)21-6-7-31-15-34-21/h2-7,12-15,35H,8-11H2,1H3,(H,37,40). The number of carbonyl (C=O) groups excluding carboxylic acids is 1. The Morgan fingerprint density at radius 3 is 2.49 bits per heavy atom. The summed E-state index contributed by atoms with van der Waals surface area (Å²) in [4.78, 5) is 34.4. The second kappa shape index (κ2) is 11.7. The van der Waals surface area contributed by atoms with E-state index in [-0.39, 0.29) is 34.4 Å². The molecule has 0 radical (unpaired) electrons. The minimum atomic E-state index is -4.62. The van der Waals surface area contributed by atoms with Crippen molar-refractivity contribution >= 4 is 29.0 Å². The number of halogens is 4. The zero-order valence-electron chi connectivity index (χ0n) is 21.6. The fourth-order valence-corrected chi connectivity index (χ4v) is 4.07. The number of hydrogen-bond donors (Lipinski definition) is 2. The van der Waals surface area contributed by atoms with E-state index in [9.17, 15) is 22.4 Å². The number of nitrogens with one attached hydrogen (secondary N) is 2. The Bertz CT molecular complexity index is 1520. The van der Waals surface area contributed by atoms with Crippen LogP contribution in [0.5, 0.6) is 0 Å². The molecule has 5 rings (SSSR count). The van der Waals surface area contributed by atoms with Crippen LogP contribution >= 0.6 is 0 Å². The zero-order chi connectivity index (χ0) is 29.0. The summed E-state index contributed by atoms with van der Waals surface area (Å²) in [6, 6.07) is 8.07. The van der Waals surface area contributed by atoms with Crippen molar-refractivity contribution in [2.45, 2.75) is 6.18 Å². The number of benzene rings is 1. The zero-order valence-corrected chi connectivity index (χ0v) is 21.6. The predicted octanol–water partition coefficient (Wildman–Crippen LogP) is 3.85. The third-order valence-corrected chi connectivity index (χ3v) is 6.06. The van der Waals surface area contributed by atoms with E-state index >= 15 is 0 Å². The van der Waals surface area contributed by atoms with Crippen molar-refractivity contribution in [3.8, 4) is 11.3 Å². The van der Waals surface area contributed by atoms with Gasteiger partial charge < -0.3 is 15.0 Å². The van der Waals surface area contributed by atoms with Gasteiger partial charge in [-0.3, -0.25) is 15.2 Å². The SMILES string of the molecule is CN(NC(=O)c1ccc(Nc2ccc(-c3ccncn3)c(C(F)(F)F)c2)cn1)c1ncc(F)c(N2CCOCC2)n1. The minimum absolute atomic E-state index is 0.0213. The Morgan fingerprint density at radius 2 is 1.80 bits per heavy atom. The molecule has 0 atom stereocenters. The van der Waals surface area contributed by atoms with Gasteiger partial charge in [-0.2, -0.15) is 18.2 Å². The smallest absolute Gasteiger partial charge is 0.378 e. The average molecular weight is 570 g/mol. The lowest BCUT2D eigenvalue weighted by Gasteiger charge is -2.28. The molecule has 1 fully saturated rings. The van der Waals surface area contributed by atoms with E-state index in [1.807, 2.05) is 0 Å². The Kier molecular flexibility index (Phi) is 7.87. The van der Waals surface area contributed by atoms with E-state index in [0.29, 0.717) is 32.0 Å². The summed E-state index contributed by atoms with van der Waals surface area (Å²) < 4.78 is 61.0. The van der Waals surface area contributed by atoms with E-state index in [1.165, 1.54) is 61.1 Å². The van der Waals surface area contributed by atoms with Crippen LogP contribution in [0.2, 0.25) is 0 Å². The lowest BCUT2D eigenvalue weighted by Crippen LogP contribution is -2.42. The fourth-order valence-electron chi connectivity index (χ4n) is 4.07. The number of rotatable bonds is 7. The van der Waals surface area contributed by atoms with Crippen LogP contribution in [0.25, 0.3) is 11.3 Å². The fraction of sp³-hybridized carbons (Fsp3) is 0.231. The first-order chi connectivity index (χ1) is 19.7. The lowest BCUT2D eigenvalue weighted by atomic mass is 10.0. The first-order valence-electron chi connectivity index (χ1n) is 12.3. The number of aromatic nitrogens is 5. The Morgan fingerprint density at radius 1 is 1.02 bits per heavy atom. The molecule has 11 nitrogen and oxygen atoms in total. The molecule has 0 aliphatic carbocycles. The van der Waals surface area contributed by atoms with Gasteiger partial charge >= 0.3 is 6.18 Å². The van der Waals surface area contributed by atoms with Gasteiger partial charge in [0.25, 0.3) is 5.91 Å². The molecule has 1 saturated heterocycles. The van der Waals surface area contributed by atoms with Crippen molar-refractivity contribution in [3.05, 3.63) is 78.4 Å². The number of hydrazine groups is 1. The molecule has 0 spiro atoms. The molecule has 2 N–H and O–H groups in total. The first kappa shape index (κ1) is 27.6. The summed E-state index contributed by atoms with van der Waals surface area (Å²) >= 11 is 0. The number of anilines is 4. The third kappa shape index (κ3) is 6.46. The van der Waals surface area contributed by atoms with Crippen molar-refractivity contribution < 1.29 is 27.1 Å². The number of ether oxygens (including phenoxy) is 1. The van der Waals surface area contributed by atoms with E-state index in [0.717, 1.165) is 12.3 Å². The number of amides is 1. The van der Waals surface area contributed by atoms with Crippen molar-refractivity contribution in [1.29, 1.82) is 0 Å². The van der Waals surface area contributed by atoms with Gasteiger partial charge in [0.1, 0.15) is 12.0 Å². The molecule has 4 aromatic rings. The van der Waals surface area contributed by atoms with Crippen molar-refractivity contribution in [3.63, 3.8) is 0 Å². The maximum atomic E-state index is 14.3. The van der Waals surface area contributed by atoms with Crippen LogP contribution in [0.1, 0.15) is 16.1 Å². The van der Waals surface area contributed by atoms with Crippen molar-refractivity contribution in [1.82, 2.24) is 30.3 Å². The molecule has 41 heavy (non-hydrogen) atoms. The third-order valence-electron chi connectivity index (χ3n) is 6.06. The number of morpholine rings is 1. The highest BCUT2D eigenvalue weighted by atomic mass is 19.4. The molecule has 3 aromatic heterocycles. The molecule has 0 unspecified atom stereocenters. The summed E-state index contributed by atoms with van der Waals surface area (Å²) in [5, 5.41) is 4.10. The molecule has 4 heterocycles. The molecule has 1 aliphatic heterocycles. The average Bonchev–Trinajstić information content (AvgIpc) is 2.98. The van der Waals surface area contributed by atoms with Crippen LogP contribution in [0.3, 0.4) is 0 Å². The molecular formula is C26H23F4N9O2. The van der Waals surface area contributed by atoms with E-state index in [4.69, 9.17) is 4.74 Å². The lowest BCUT2D eigenvalue weighted by molar-refractivity contribution is -0.137. The van der Waals surface area contributed by atoms with E-state index < -0.39 is 23.5 Å². The van der Waals surface area contributed by atoms with Gasteiger partial charge in [0.05, 0.1) is 42.6 Å². The monoisotopic (exact) mass is 569 g/mol. The molecule has 15 heteroatoms. The summed E-state index contributed by atoms with van der Waals surface area (Å²) in [5.41, 5.74) is 2.30. The number of hydrogen-bond acceptors (Lipinski definition) is 10. The number of carbonyl (C=O) groups is 1. The van der Waals surface area contributed by atoms with Crippen LogP contribution in [-0.2, 0) is 10.9 Å². The molecular weight excluding hydrogens is 546 g/mol. The maximum absolute atomic E-state index is 14.3. The summed E-state index contributed by atoms with van der Waals surface area (Å²) in [6.07, 6.45) is 0.259. The van der Waals surface area contributed by atoms with Gasteiger partial charge in [-0.1, -0.05) is 6.07 Å².